The van der Waals surface area contributed by atoms with Crippen LogP contribution < -0.4 is 5.32 Å². The fraction of sp³-hybridized carbons (Fsp3) is 0.357. The molecule has 4 heteroatoms. The molecule has 0 fully saturated rings. The summed E-state index contributed by atoms with van der Waals surface area (Å²) in [4.78, 5) is 11.7. The van der Waals surface area contributed by atoms with Gasteiger partial charge in [0.15, 0.2) is 0 Å². The summed E-state index contributed by atoms with van der Waals surface area (Å²) in [5.41, 5.74) is 1.51. The zero-order chi connectivity index (χ0) is 13.3. The fourth-order valence-corrected chi connectivity index (χ4v) is 2.58. The minimum Gasteiger partial charge on any atom is -0.444 e. The molecule has 2 rings (SSSR count). The molecule has 0 saturated heterocycles. The molecule has 18 heavy (non-hydrogen) atoms. The zero-order valence-corrected chi connectivity index (χ0v) is 11.9. The van der Waals surface area contributed by atoms with E-state index in [0.29, 0.717) is 0 Å². The summed E-state index contributed by atoms with van der Waals surface area (Å²) in [5.74, 6) is 0. The molecule has 1 aromatic heterocycles. The van der Waals surface area contributed by atoms with E-state index in [1.54, 1.807) is 11.3 Å². The van der Waals surface area contributed by atoms with Crippen LogP contribution in [0.25, 0.3) is 10.1 Å². The van der Waals surface area contributed by atoms with Crippen molar-refractivity contribution in [3.8, 4) is 0 Å². The van der Waals surface area contributed by atoms with E-state index in [-0.39, 0.29) is 0 Å². The highest BCUT2D eigenvalue weighted by molar-refractivity contribution is 7.17. The number of hydrogen-bond acceptors (Lipinski definition) is 3. The van der Waals surface area contributed by atoms with Gasteiger partial charge >= 0.3 is 6.09 Å². The van der Waals surface area contributed by atoms with Crippen LogP contribution in [-0.2, 0) is 4.74 Å². The highest BCUT2D eigenvalue weighted by atomic mass is 32.1. The van der Waals surface area contributed by atoms with Gasteiger partial charge in [-0.05, 0) is 62.2 Å². The number of fused-ring (bicyclic) bond motifs is 1. The first-order chi connectivity index (χ1) is 8.35. The molecule has 96 valence electrons. The Bertz CT molecular complexity index is 581. The van der Waals surface area contributed by atoms with Crippen molar-refractivity contribution in [2.24, 2.45) is 0 Å². The van der Waals surface area contributed by atoms with Gasteiger partial charge in [0, 0.05) is 10.4 Å². The van der Waals surface area contributed by atoms with Crippen LogP contribution in [0, 0.1) is 6.92 Å². The number of hydrogen-bond donors (Lipinski definition) is 1. The van der Waals surface area contributed by atoms with E-state index in [1.165, 1.54) is 15.6 Å². The number of benzene rings is 1. The number of carbonyl (C=O) groups excluding carboxylic acids is 1. The number of thiophene rings is 1. The van der Waals surface area contributed by atoms with Gasteiger partial charge in [0.25, 0.3) is 0 Å². The molecule has 1 aromatic carbocycles. The van der Waals surface area contributed by atoms with Crippen molar-refractivity contribution in [1.82, 2.24) is 0 Å². The first-order valence-corrected chi connectivity index (χ1v) is 6.71. The number of aryl methyl sites for hydroxylation is 1. The third kappa shape index (κ3) is 3.01. The van der Waals surface area contributed by atoms with Gasteiger partial charge in [0.1, 0.15) is 5.60 Å². The average molecular weight is 263 g/mol. The molecule has 0 unspecified atom stereocenters. The van der Waals surface area contributed by atoms with Crippen molar-refractivity contribution in [2.75, 3.05) is 5.32 Å². The lowest BCUT2D eigenvalue weighted by atomic mass is 10.2. The van der Waals surface area contributed by atoms with Gasteiger partial charge in [-0.25, -0.2) is 4.79 Å². The molecule has 0 atom stereocenters. The van der Waals surface area contributed by atoms with Crippen molar-refractivity contribution in [1.29, 1.82) is 0 Å². The summed E-state index contributed by atoms with van der Waals surface area (Å²) >= 11 is 1.71. The van der Waals surface area contributed by atoms with Crippen LogP contribution in [0.1, 0.15) is 26.3 Å². The molecule has 0 radical (unpaired) electrons. The molecular weight excluding hydrogens is 246 g/mol. The molecule has 2 aromatic rings. The van der Waals surface area contributed by atoms with Crippen molar-refractivity contribution in [3.63, 3.8) is 0 Å². The number of carbonyl (C=O) groups is 1. The average Bonchev–Trinajstić information content (AvgIpc) is 2.57. The predicted octanol–water partition coefficient (Wildman–Crippen LogP) is 4.56. The largest absolute Gasteiger partial charge is 0.444 e. The quantitative estimate of drug-likeness (QED) is 0.819. The van der Waals surface area contributed by atoms with Gasteiger partial charge in [-0.2, -0.15) is 0 Å². The Morgan fingerprint density at radius 2 is 2.06 bits per heavy atom. The maximum Gasteiger partial charge on any atom is 0.412 e. The van der Waals surface area contributed by atoms with Gasteiger partial charge in [-0.1, -0.05) is 0 Å². The molecule has 0 saturated carbocycles. The second-order valence-electron chi connectivity index (χ2n) is 5.26. The summed E-state index contributed by atoms with van der Waals surface area (Å²) in [5, 5.41) is 6.04. The summed E-state index contributed by atoms with van der Waals surface area (Å²) in [6, 6.07) is 5.88. The third-order valence-electron chi connectivity index (χ3n) is 2.41. The van der Waals surface area contributed by atoms with E-state index < -0.39 is 11.7 Å². The van der Waals surface area contributed by atoms with Gasteiger partial charge < -0.3 is 4.74 Å². The lowest BCUT2D eigenvalue weighted by Crippen LogP contribution is -2.27. The van der Waals surface area contributed by atoms with E-state index in [0.717, 1.165) is 5.69 Å². The Morgan fingerprint density at radius 3 is 2.72 bits per heavy atom. The van der Waals surface area contributed by atoms with Crippen LogP contribution in [0.15, 0.2) is 23.6 Å². The molecule has 1 heterocycles. The summed E-state index contributed by atoms with van der Waals surface area (Å²) in [7, 11) is 0. The lowest BCUT2D eigenvalue weighted by molar-refractivity contribution is 0.0636. The van der Waals surface area contributed by atoms with E-state index in [9.17, 15) is 4.79 Å². The second-order valence-corrected chi connectivity index (χ2v) is 6.17. The second kappa shape index (κ2) is 4.61. The molecule has 1 amide bonds. The number of nitrogens with one attached hydrogen (secondary N) is 1. The Kier molecular flexibility index (Phi) is 3.30. The third-order valence-corrected chi connectivity index (χ3v) is 3.49. The van der Waals surface area contributed by atoms with Crippen LogP contribution in [0.2, 0.25) is 0 Å². The van der Waals surface area contributed by atoms with Crippen molar-refractivity contribution in [3.05, 3.63) is 29.1 Å². The number of ether oxygens (including phenoxy) is 1. The van der Waals surface area contributed by atoms with Gasteiger partial charge in [0.2, 0.25) is 0 Å². The Hall–Kier alpha value is -1.55. The molecule has 0 aliphatic carbocycles. The Balaban J connectivity index is 2.17. The molecule has 0 bridgehead atoms. The van der Waals surface area contributed by atoms with Crippen molar-refractivity contribution < 1.29 is 9.53 Å². The van der Waals surface area contributed by atoms with Gasteiger partial charge in [-0.3, -0.25) is 5.32 Å². The van der Waals surface area contributed by atoms with Crippen LogP contribution in [-0.4, -0.2) is 11.7 Å². The fourth-order valence-electron chi connectivity index (χ4n) is 1.66. The van der Waals surface area contributed by atoms with Gasteiger partial charge in [-0.15, -0.1) is 11.3 Å². The summed E-state index contributed by atoms with van der Waals surface area (Å²) in [6.07, 6.45) is -0.422. The summed E-state index contributed by atoms with van der Waals surface area (Å²) < 4.78 is 6.44. The van der Waals surface area contributed by atoms with E-state index in [4.69, 9.17) is 4.74 Å². The van der Waals surface area contributed by atoms with Crippen LogP contribution in [0.5, 0.6) is 0 Å². The summed E-state index contributed by atoms with van der Waals surface area (Å²) in [6.45, 7) is 7.60. The standard InChI is InChI=1S/C14H17NO2S/c1-9-8-18-12-6-5-10(7-11(9)12)15-13(16)17-14(2,3)4/h5-8H,1-4H3,(H,15,16). The maximum absolute atomic E-state index is 11.7. The maximum atomic E-state index is 11.7. The monoisotopic (exact) mass is 263 g/mol. The van der Waals surface area contributed by atoms with Crippen LogP contribution in [0.4, 0.5) is 10.5 Å². The molecule has 1 N–H and O–H groups in total. The molecule has 3 nitrogen and oxygen atoms in total. The molecule has 0 aliphatic rings. The minimum absolute atomic E-state index is 0.422. The number of amides is 1. The van der Waals surface area contributed by atoms with Gasteiger partial charge in [0.05, 0.1) is 0 Å². The Labute approximate surface area is 111 Å². The normalized spacial score (nSPS) is 11.6. The molecular formula is C14H17NO2S. The first-order valence-electron chi connectivity index (χ1n) is 5.83. The predicted molar refractivity (Wildman–Crippen MR) is 76.4 cm³/mol. The van der Waals surface area contributed by atoms with Crippen LogP contribution in [0.3, 0.4) is 0 Å². The minimum atomic E-state index is -0.480. The number of anilines is 1. The van der Waals surface area contributed by atoms with Crippen molar-refractivity contribution >= 4 is 33.2 Å². The zero-order valence-electron chi connectivity index (χ0n) is 11.0. The Morgan fingerprint density at radius 1 is 1.33 bits per heavy atom. The first kappa shape index (κ1) is 12.9. The molecule has 0 spiro atoms. The van der Waals surface area contributed by atoms with Crippen molar-refractivity contribution in [2.45, 2.75) is 33.3 Å². The highest BCUT2D eigenvalue weighted by Crippen LogP contribution is 2.28. The lowest BCUT2D eigenvalue weighted by Gasteiger charge is -2.19. The molecule has 0 aliphatic heterocycles. The highest BCUT2D eigenvalue weighted by Gasteiger charge is 2.16. The number of rotatable bonds is 1. The van der Waals surface area contributed by atoms with E-state index >= 15 is 0 Å². The SMILES string of the molecule is Cc1csc2ccc(NC(=O)OC(C)(C)C)cc12. The van der Waals surface area contributed by atoms with E-state index in [2.05, 4.69) is 17.6 Å². The smallest absolute Gasteiger partial charge is 0.412 e. The topological polar surface area (TPSA) is 38.3 Å². The van der Waals surface area contributed by atoms with E-state index in [1.807, 2.05) is 39.0 Å². The van der Waals surface area contributed by atoms with Crippen LogP contribution >= 0.6 is 11.3 Å².